The minimum atomic E-state index is 0.335. The predicted octanol–water partition coefficient (Wildman–Crippen LogP) is 5.61. The molecule has 128 valence electrons. The van der Waals surface area contributed by atoms with Gasteiger partial charge >= 0.3 is 0 Å². The lowest BCUT2D eigenvalue weighted by atomic mass is 9.85. The number of ether oxygens (including phenoxy) is 1. The smallest absolute Gasteiger partial charge is 0.226 e. The molecule has 0 N–H and O–H groups in total. The molecule has 1 aromatic carbocycles. The van der Waals surface area contributed by atoms with Crippen molar-refractivity contribution >= 4 is 0 Å². The van der Waals surface area contributed by atoms with Crippen molar-refractivity contribution in [3.63, 3.8) is 0 Å². The number of hydrogen-bond acceptors (Lipinski definition) is 3. The van der Waals surface area contributed by atoms with Gasteiger partial charge in [-0.15, -0.1) is 6.58 Å². The topological polar surface area (TPSA) is 35.3 Å². The van der Waals surface area contributed by atoms with Crippen LogP contribution < -0.4 is 0 Å². The maximum atomic E-state index is 6.14. The first-order chi connectivity index (χ1) is 11.7. The molecular formula is C21H27NO2. The molecule has 1 aromatic heterocycles. The van der Waals surface area contributed by atoms with Gasteiger partial charge in [0, 0.05) is 5.56 Å². The molecule has 3 nitrogen and oxygen atoms in total. The molecule has 3 heteroatoms. The minimum absolute atomic E-state index is 0.335. The SMILES string of the molecule is C=CC[C@@H]1CCC[C@H](OCc2nc(-c3cccc(C)c3)oc2C)C1. The Bertz CT molecular complexity index is 689. The lowest BCUT2D eigenvalue weighted by molar-refractivity contribution is 0.000944. The van der Waals surface area contributed by atoms with Crippen molar-refractivity contribution in [2.75, 3.05) is 0 Å². The molecule has 0 amide bonds. The summed E-state index contributed by atoms with van der Waals surface area (Å²) in [5, 5.41) is 0. The standard InChI is InChI=1S/C21H27NO2/c1-4-7-17-9-6-11-19(13-17)23-14-20-16(3)24-21(22-20)18-10-5-8-15(2)12-18/h4-5,8,10,12,17,19H,1,6-7,9,11,13-14H2,2-3H3/t17-,19+/m1/s1. The second kappa shape index (κ2) is 7.80. The van der Waals surface area contributed by atoms with E-state index in [1.807, 2.05) is 25.1 Å². The van der Waals surface area contributed by atoms with Gasteiger partial charge in [0.25, 0.3) is 0 Å². The van der Waals surface area contributed by atoms with E-state index in [0.717, 1.165) is 42.2 Å². The highest BCUT2D eigenvalue weighted by Gasteiger charge is 2.22. The Balaban J connectivity index is 1.62. The van der Waals surface area contributed by atoms with Crippen molar-refractivity contribution in [2.45, 2.75) is 58.7 Å². The van der Waals surface area contributed by atoms with E-state index in [0.29, 0.717) is 18.6 Å². The molecule has 1 heterocycles. The first-order valence-electron chi connectivity index (χ1n) is 8.91. The van der Waals surface area contributed by atoms with Crippen LogP contribution in [0.4, 0.5) is 0 Å². The number of rotatable bonds is 6. The van der Waals surface area contributed by atoms with Gasteiger partial charge in [-0.1, -0.05) is 30.2 Å². The Morgan fingerprint density at radius 2 is 2.21 bits per heavy atom. The largest absolute Gasteiger partial charge is 0.441 e. The van der Waals surface area contributed by atoms with E-state index in [2.05, 4.69) is 30.6 Å². The summed E-state index contributed by atoms with van der Waals surface area (Å²) < 4.78 is 12.0. The van der Waals surface area contributed by atoms with Crippen molar-refractivity contribution in [2.24, 2.45) is 5.92 Å². The van der Waals surface area contributed by atoms with Crippen molar-refractivity contribution < 1.29 is 9.15 Å². The van der Waals surface area contributed by atoms with E-state index in [9.17, 15) is 0 Å². The summed E-state index contributed by atoms with van der Waals surface area (Å²) in [5.41, 5.74) is 3.14. The molecule has 2 aromatic rings. The average Bonchev–Trinajstić information content (AvgIpc) is 2.95. The number of aromatic nitrogens is 1. The molecule has 0 radical (unpaired) electrons. The number of aryl methyl sites for hydroxylation is 2. The maximum absolute atomic E-state index is 6.14. The van der Waals surface area contributed by atoms with Crippen LogP contribution in [0.3, 0.4) is 0 Å². The van der Waals surface area contributed by atoms with Crippen molar-refractivity contribution in [1.82, 2.24) is 4.98 Å². The molecule has 2 atom stereocenters. The molecule has 0 aliphatic heterocycles. The second-order valence-electron chi connectivity index (χ2n) is 6.88. The first kappa shape index (κ1) is 17.0. The fourth-order valence-corrected chi connectivity index (χ4v) is 3.50. The van der Waals surface area contributed by atoms with Gasteiger partial charge in [-0.3, -0.25) is 0 Å². The van der Waals surface area contributed by atoms with Crippen LogP contribution in [0.25, 0.3) is 11.5 Å². The first-order valence-corrected chi connectivity index (χ1v) is 8.91. The number of hydrogen-bond donors (Lipinski definition) is 0. The Hall–Kier alpha value is -1.87. The fraction of sp³-hybridized carbons (Fsp3) is 0.476. The summed E-state index contributed by atoms with van der Waals surface area (Å²) in [6.45, 7) is 8.43. The van der Waals surface area contributed by atoms with Gasteiger partial charge in [0.1, 0.15) is 11.5 Å². The van der Waals surface area contributed by atoms with Crippen LogP contribution in [-0.2, 0) is 11.3 Å². The number of nitrogens with zero attached hydrogens (tertiary/aromatic N) is 1. The van der Waals surface area contributed by atoms with Crippen molar-refractivity contribution in [3.8, 4) is 11.5 Å². The zero-order valence-electron chi connectivity index (χ0n) is 14.8. The number of benzene rings is 1. The third kappa shape index (κ3) is 4.15. The normalized spacial score (nSPS) is 20.9. The van der Waals surface area contributed by atoms with Crippen LogP contribution in [0.1, 0.15) is 49.1 Å². The molecule has 0 saturated heterocycles. The van der Waals surface area contributed by atoms with E-state index in [4.69, 9.17) is 9.15 Å². The van der Waals surface area contributed by atoms with Crippen molar-refractivity contribution in [3.05, 3.63) is 53.9 Å². The lowest BCUT2D eigenvalue weighted by Gasteiger charge is -2.28. The van der Waals surface area contributed by atoms with Crippen LogP contribution in [-0.4, -0.2) is 11.1 Å². The van der Waals surface area contributed by atoms with Gasteiger partial charge in [-0.2, -0.15) is 0 Å². The third-order valence-corrected chi connectivity index (χ3v) is 4.85. The minimum Gasteiger partial charge on any atom is -0.441 e. The highest BCUT2D eigenvalue weighted by Crippen LogP contribution is 2.30. The Labute approximate surface area is 144 Å². The molecule has 1 saturated carbocycles. The molecule has 0 spiro atoms. The Morgan fingerprint density at radius 1 is 1.33 bits per heavy atom. The van der Waals surface area contributed by atoms with E-state index in [1.54, 1.807) is 0 Å². The summed E-state index contributed by atoms with van der Waals surface area (Å²) in [6.07, 6.45) is 8.29. The maximum Gasteiger partial charge on any atom is 0.226 e. The van der Waals surface area contributed by atoms with Gasteiger partial charge in [-0.05, 0) is 57.6 Å². The van der Waals surface area contributed by atoms with Crippen LogP contribution in [0.15, 0.2) is 41.3 Å². The molecule has 24 heavy (non-hydrogen) atoms. The van der Waals surface area contributed by atoms with Gasteiger partial charge in [-0.25, -0.2) is 4.98 Å². The zero-order valence-corrected chi connectivity index (χ0v) is 14.8. The molecule has 0 unspecified atom stereocenters. The fourth-order valence-electron chi connectivity index (χ4n) is 3.50. The van der Waals surface area contributed by atoms with Gasteiger partial charge < -0.3 is 9.15 Å². The molecular weight excluding hydrogens is 298 g/mol. The summed E-state index contributed by atoms with van der Waals surface area (Å²) in [5.74, 6) is 2.26. The number of allylic oxidation sites excluding steroid dienone is 1. The second-order valence-corrected chi connectivity index (χ2v) is 6.88. The Morgan fingerprint density at radius 3 is 3.00 bits per heavy atom. The van der Waals surface area contributed by atoms with E-state index in [1.165, 1.54) is 18.4 Å². The van der Waals surface area contributed by atoms with E-state index in [-0.39, 0.29) is 0 Å². The molecule has 1 fully saturated rings. The van der Waals surface area contributed by atoms with Crippen LogP contribution in [0.2, 0.25) is 0 Å². The van der Waals surface area contributed by atoms with Crippen LogP contribution in [0, 0.1) is 19.8 Å². The highest BCUT2D eigenvalue weighted by molar-refractivity contribution is 5.54. The average molecular weight is 325 g/mol. The Kier molecular flexibility index (Phi) is 5.52. The summed E-state index contributed by atoms with van der Waals surface area (Å²) >= 11 is 0. The summed E-state index contributed by atoms with van der Waals surface area (Å²) in [4.78, 5) is 4.65. The van der Waals surface area contributed by atoms with E-state index >= 15 is 0 Å². The third-order valence-electron chi connectivity index (χ3n) is 4.85. The van der Waals surface area contributed by atoms with Gasteiger partial charge in [0.05, 0.1) is 12.7 Å². The lowest BCUT2D eigenvalue weighted by Crippen LogP contribution is -2.22. The summed E-state index contributed by atoms with van der Waals surface area (Å²) in [7, 11) is 0. The van der Waals surface area contributed by atoms with Crippen LogP contribution in [0.5, 0.6) is 0 Å². The molecule has 1 aliphatic carbocycles. The van der Waals surface area contributed by atoms with E-state index < -0.39 is 0 Å². The monoisotopic (exact) mass is 325 g/mol. The predicted molar refractivity (Wildman–Crippen MR) is 96.8 cm³/mol. The zero-order chi connectivity index (χ0) is 16.9. The molecule has 3 rings (SSSR count). The highest BCUT2D eigenvalue weighted by atomic mass is 16.5. The number of oxazole rings is 1. The summed E-state index contributed by atoms with van der Waals surface area (Å²) in [6, 6.07) is 8.23. The quantitative estimate of drug-likeness (QED) is 0.647. The van der Waals surface area contributed by atoms with Crippen molar-refractivity contribution in [1.29, 1.82) is 0 Å². The molecule has 0 bridgehead atoms. The van der Waals surface area contributed by atoms with Gasteiger partial charge in [0.2, 0.25) is 5.89 Å². The molecule has 1 aliphatic rings. The van der Waals surface area contributed by atoms with Crippen LogP contribution >= 0.6 is 0 Å². The van der Waals surface area contributed by atoms with Gasteiger partial charge in [0.15, 0.2) is 0 Å².